The van der Waals surface area contributed by atoms with E-state index in [0.717, 1.165) is 25.9 Å². The molecule has 2 heterocycles. The molecule has 27 heavy (non-hydrogen) atoms. The van der Waals surface area contributed by atoms with Gasteiger partial charge in [0.05, 0.1) is 28.9 Å². The van der Waals surface area contributed by atoms with Gasteiger partial charge in [0.1, 0.15) is 5.82 Å². The van der Waals surface area contributed by atoms with Crippen LogP contribution in [-0.2, 0) is 4.74 Å². The summed E-state index contributed by atoms with van der Waals surface area (Å²) in [4.78, 5) is 30.5. The van der Waals surface area contributed by atoms with E-state index in [1.54, 1.807) is 36.5 Å². The highest BCUT2D eigenvalue weighted by Gasteiger charge is 2.17. The first-order valence-electron chi connectivity index (χ1n) is 8.98. The molecule has 1 amide bonds. The van der Waals surface area contributed by atoms with Crippen molar-refractivity contribution in [3.05, 3.63) is 52.7 Å². The molecule has 7 heteroatoms. The summed E-state index contributed by atoms with van der Waals surface area (Å²) in [6, 6.07) is 8.29. The number of anilines is 2. The number of pyridine rings is 1. The number of hydrogen-bond donors (Lipinski definition) is 1. The van der Waals surface area contributed by atoms with Crippen LogP contribution < -0.4 is 5.32 Å². The van der Waals surface area contributed by atoms with E-state index < -0.39 is 5.97 Å². The van der Waals surface area contributed by atoms with Crippen molar-refractivity contribution in [3.63, 3.8) is 0 Å². The highest BCUT2D eigenvalue weighted by molar-refractivity contribution is 6.33. The van der Waals surface area contributed by atoms with Crippen molar-refractivity contribution in [3.8, 4) is 0 Å². The van der Waals surface area contributed by atoms with E-state index in [0.29, 0.717) is 27.7 Å². The van der Waals surface area contributed by atoms with Crippen LogP contribution in [0.25, 0.3) is 0 Å². The maximum absolute atomic E-state index is 12.6. The summed E-state index contributed by atoms with van der Waals surface area (Å²) in [6.07, 6.45) is 6.02. The molecule has 0 radical (unpaired) electrons. The lowest BCUT2D eigenvalue weighted by Gasteiger charge is -2.20. The first-order valence-corrected chi connectivity index (χ1v) is 9.36. The Labute approximate surface area is 163 Å². The number of nitrogens with zero attached hydrogens (tertiary/aromatic N) is 2. The van der Waals surface area contributed by atoms with Crippen molar-refractivity contribution in [2.24, 2.45) is 0 Å². The molecular weight excluding hydrogens is 366 g/mol. The number of hydrogen-bond acceptors (Lipinski definition) is 5. The fourth-order valence-electron chi connectivity index (χ4n) is 3.05. The summed E-state index contributed by atoms with van der Waals surface area (Å²) in [7, 11) is 1.33. The van der Waals surface area contributed by atoms with E-state index in [1.165, 1.54) is 20.0 Å². The van der Waals surface area contributed by atoms with Crippen molar-refractivity contribution in [1.82, 2.24) is 9.88 Å². The molecule has 1 saturated heterocycles. The van der Waals surface area contributed by atoms with Gasteiger partial charge >= 0.3 is 5.97 Å². The molecule has 2 aromatic rings. The topological polar surface area (TPSA) is 71.5 Å². The smallest absolute Gasteiger partial charge is 0.337 e. The van der Waals surface area contributed by atoms with Crippen LogP contribution in [0.2, 0.25) is 5.02 Å². The van der Waals surface area contributed by atoms with Gasteiger partial charge in [0.2, 0.25) is 0 Å². The second-order valence-electron chi connectivity index (χ2n) is 6.45. The first kappa shape index (κ1) is 19.2. The van der Waals surface area contributed by atoms with Crippen molar-refractivity contribution >= 4 is 35.0 Å². The molecule has 1 N–H and O–H groups in total. The fourth-order valence-corrected chi connectivity index (χ4v) is 3.22. The van der Waals surface area contributed by atoms with Crippen LogP contribution in [0.15, 0.2) is 36.5 Å². The summed E-state index contributed by atoms with van der Waals surface area (Å²) >= 11 is 6.19. The molecule has 0 spiro atoms. The number of carbonyl (C=O) groups excluding carboxylic acids is 2. The van der Waals surface area contributed by atoms with Gasteiger partial charge in [0.25, 0.3) is 5.91 Å². The Morgan fingerprint density at radius 1 is 1.07 bits per heavy atom. The third kappa shape index (κ3) is 4.77. The van der Waals surface area contributed by atoms with Crippen LogP contribution in [0.5, 0.6) is 0 Å². The SMILES string of the molecule is COC(=O)c1ccc(Cl)c(Nc2ccc(C(=O)N3CCCCCC3)cn2)c1. The van der Waals surface area contributed by atoms with E-state index >= 15 is 0 Å². The first-order chi connectivity index (χ1) is 13.1. The van der Waals surface area contributed by atoms with Crippen molar-refractivity contribution in [2.75, 3.05) is 25.5 Å². The molecule has 3 rings (SSSR count). The van der Waals surface area contributed by atoms with E-state index in [-0.39, 0.29) is 5.91 Å². The van der Waals surface area contributed by atoms with Gasteiger partial charge in [-0.1, -0.05) is 24.4 Å². The molecule has 0 unspecified atom stereocenters. The zero-order chi connectivity index (χ0) is 19.2. The van der Waals surface area contributed by atoms with Crippen molar-refractivity contribution in [1.29, 1.82) is 0 Å². The second kappa shape index (κ2) is 8.86. The Balaban J connectivity index is 1.72. The molecule has 1 aromatic carbocycles. The van der Waals surface area contributed by atoms with Gasteiger partial charge in [0, 0.05) is 19.3 Å². The summed E-state index contributed by atoms with van der Waals surface area (Å²) in [5.74, 6) is 0.106. The molecule has 0 aliphatic carbocycles. The number of rotatable bonds is 4. The third-order valence-corrected chi connectivity index (χ3v) is 4.88. The Hall–Kier alpha value is -2.60. The predicted molar refractivity (Wildman–Crippen MR) is 105 cm³/mol. The summed E-state index contributed by atoms with van der Waals surface area (Å²) in [5, 5.41) is 3.52. The minimum absolute atomic E-state index is 0.0154. The Morgan fingerprint density at radius 3 is 2.41 bits per heavy atom. The van der Waals surface area contributed by atoms with Gasteiger partial charge in [-0.15, -0.1) is 0 Å². The average molecular weight is 388 g/mol. The van der Waals surface area contributed by atoms with Gasteiger partial charge < -0.3 is 15.0 Å². The Bertz CT molecular complexity index is 816. The molecule has 1 fully saturated rings. The van der Waals surface area contributed by atoms with Crippen LogP contribution in [0.3, 0.4) is 0 Å². The predicted octanol–water partition coefficient (Wildman–Crippen LogP) is 4.28. The molecule has 1 aliphatic heterocycles. The van der Waals surface area contributed by atoms with Crippen LogP contribution >= 0.6 is 11.6 Å². The maximum Gasteiger partial charge on any atom is 0.337 e. The lowest BCUT2D eigenvalue weighted by molar-refractivity contribution is 0.0600. The van der Waals surface area contributed by atoms with E-state index in [1.807, 2.05) is 4.90 Å². The Kier molecular flexibility index (Phi) is 6.29. The van der Waals surface area contributed by atoms with Crippen LogP contribution in [0, 0.1) is 0 Å². The van der Waals surface area contributed by atoms with Gasteiger partial charge in [0.15, 0.2) is 0 Å². The molecule has 1 aliphatic rings. The average Bonchev–Trinajstić information content (AvgIpc) is 2.98. The number of carbonyl (C=O) groups is 2. The lowest BCUT2D eigenvalue weighted by Crippen LogP contribution is -2.31. The largest absolute Gasteiger partial charge is 0.465 e. The van der Waals surface area contributed by atoms with Crippen molar-refractivity contribution < 1.29 is 14.3 Å². The van der Waals surface area contributed by atoms with Crippen LogP contribution in [0.4, 0.5) is 11.5 Å². The number of amides is 1. The number of esters is 1. The minimum Gasteiger partial charge on any atom is -0.465 e. The van der Waals surface area contributed by atoms with Gasteiger partial charge in [-0.25, -0.2) is 9.78 Å². The molecule has 0 atom stereocenters. The molecule has 0 saturated carbocycles. The molecule has 1 aromatic heterocycles. The monoisotopic (exact) mass is 387 g/mol. The normalized spacial score (nSPS) is 14.4. The summed E-state index contributed by atoms with van der Waals surface area (Å²) in [6.45, 7) is 1.60. The Morgan fingerprint density at radius 2 is 1.78 bits per heavy atom. The minimum atomic E-state index is -0.443. The highest BCUT2D eigenvalue weighted by atomic mass is 35.5. The third-order valence-electron chi connectivity index (χ3n) is 4.55. The number of benzene rings is 1. The van der Waals surface area contributed by atoms with Gasteiger partial charge in [-0.3, -0.25) is 4.79 Å². The van der Waals surface area contributed by atoms with Gasteiger partial charge in [-0.2, -0.15) is 0 Å². The highest BCUT2D eigenvalue weighted by Crippen LogP contribution is 2.26. The number of aromatic nitrogens is 1. The zero-order valence-electron chi connectivity index (χ0n) is 15.2. The van der Waals surface area contributed by atoms with Gasteiger partial charge in [-0.05, 0) is 43.2 Å². The number of methoxy groups -OCH3 is 1. The number of likely N-dealkylation sites (tertiary alicyclic amines) is 1. The van der Waals surface area contributed by atoms with E-state index in [2.05, 4.69) is 10.3 Å². The molecule has 6 nitrogen and oxygen atoms in total. The van der Waals surface area contributed by atoms with Crippen LogP contribution in [0.1, 0.15) is 46.4 Å². The van der Waals surface area contributed by atoms with Crippen LogP contribution in [-0.4, -0.2) is 42.0 Å². The quantitative estimate of drug-likeness (QED) is 0.792. The maximum atomic E-state index is 12.6. The second-order valence-corrected chi connectivity index (χ2v) is 6.86. The molecule has 0 bridgehead atoms. The van der Waals surface area contributed by atoms with E-state index in [4.69, 9.17) is 16.3 Å². The molecule has 142 valence electrons. The molecular formula is C20H22ClN3O3. The van der Waals surface area contributed by atoms with E-state index in [9.17, 15) is 9.59 Å². The standard InChI is InChI=1S/C20H22ClN3O3/c1-27-20(26)14-6-8-16(21)17(12-14)23-18-9-7-15(13-22-18)19(25)24-10-4-2-3-5-11-24/h6-9,12-13H,2-5,10-11H2,1H3,(H,22,23). The number of halogens is 1. The van der Waals surface area contributed by atoms with Crippen molar-refractivity contribution in [2.45, 2.75) is 25.7 Å². The summed E-state index contributed by atoms with van der Waals surface area (Å²) < 4.78 is 4.72. The lowest BCUT2D eigenvalue weighted by atomic mass is 10.2. The summed E-state index contributed by atoms with van der Waals surface area (Å²) in [5.41, 5.74) is 1.49. The fraction of sp³-hybridized carbons (Fsp3) is 0.350. The number of ether oxygens (including phenoxy) is 1. The zero-order valence-corrected chi connectivity index (χ0v) is 16.0. The number of nitrogens with one attached hydrogen (secondary N) is 1.